The molecule has 29 heavy (non-hydrogen) atoms. The van der Waals surface area contributed by atoms with Crippen LogP contribution in [0.5, 0.6) is 11.5 Å². The van der Waals surface area contributed by atoms with Crippen LogP contribution in [-0.4, -0.2) is 65.4 Å². The van der Waals surface area contributed by atoms with Crippen molar-refractivity contribution in [2.24, 2.45) is 11.5 Å². The summed E-state index contributed by atoms with van der Waals surface area (Å²) in [4.78, 5) is 26.3. The van der Waals surface area contributed by atoms with Crippen LogP contribution >= 0.6 is 0 Å². The Morgan fingerprint density at radius 1 is 1.38 bits per heavy atom. The van der Waals surface area contributed by atoms with Crippen molar-refractivity contribution >= 4 is 11.8 Å². The molecule has 0 saturated carbocycles. The number of ether oxygens (including phenoxy) is 1. The molecule has 0 aliphatic carbocycles. The number of methoxy groups -OCH3 is 1. The molecule has 0 unspecified atom stereocenters. The zero-order chi connectivity index (χ0) is 21.4. The monoisotopic (exact) mass is 409 g/mol. The second-order valence-electron chi connectivity index (χ2n) is 7.26. The fourth-order valence-electron chi connectivity index (χ4n) is 3.55. The average molecular weight is 409 g/mol. The number of hydrogen-bond acceptors (Lipinski definition) is 8. The van der Waals surface area contributed by atoms with Gasteiger partial charge in [-0.3, -0.25) is 19.7 Å². The quantitative estimate of drug-likeness (QED) is 0.170. The van der Waals surface area contributed by atoms with Crippen LogP contribution in [0.1, 0.15) is 31.2 Å². The molecule has 1 heterocycles. The number of phenols is 1. The van der Waals surface area contributed by atoms with Gasteiger partial charge < -0.3 is 26.6 Å². The lowest BCUT2D eigenvalue weighted by Crippen LogP contribution is -2.46. The second-order valence-corrected chi connectivity index (χ2v) is 7.26. The largest absolute Gasteiger partial charge is 0.504 e. The van der Waals surface area contributed by atoms with E-state index in [2.05, 4.69) is 5.32 Å². The summed E-state index contributed by atoms with van der Waals surface area (Å²) in [6, 6.07) is 3.46. The Morgan fingerprint density at radius 2 is 2.14 bits per heavy atom. The van der Waals surface area contributed by atoms with E-state index < -0.39 is 18.0 Å². The van der Waals surface area contributed by atoms with Gasteiger partial charge in [-0.1, -0.05) is 12.5 Å². The van der Waals surface area contributed by atoms with Gasteiger partial charge in [0.1, 0.15) is 0 Å². The number of hydrogen-bond donors (Lipinski definition) is 6. The number of nitrogens with two attached hydrogens (primary N) is 2. The third kappa shape index (κ3) is 6.29. The summed E-state index contributed by atoms with van der Waals surface area (Å²) in [6.45, 7) is 1.32. The highest BCUT2D eigenvalue weighted by Gasteiger charge is 2.37. The number of nitrogens with one attached hydrogen (secondary N) is 2. The third-order valence-corrected chi connectivity index (χ3v) is 5.10. The van der Waals surface area contributed by atoms with Crippen molar-refractivity contribution in [1.29, 1.82) is 0 Å². The first-order chi connectivity index (χ1) is 13.9. The highest BCUT2D eigenvalue weighted by atomic mass is 16.5. The Balaban J connectivity index is 2.01. The van der Waals surface area contributed by atoms with Crippen LogP contribution < -0.4 is 27.0 Å². The first-order valence-electron chi connectivity index (χ1n) is 9.69. The van der Waals surface area contributed by atoms with Crippen LogP contribution in [0.25, 0.3) is 0 Å². The lowest BCUT2D eigenvalue weighted by molar-refractivity contribution is -0.134. The molecule has 0 aromatic heterocycles. The molecule has 1 aliphatic rings. The summed E-state index contributed by atoms with van der Waals surface area (Å²) in [7, 11) is 1.46. The number of carbonyl (C=O) groups is 2. The van der Waals surface area contributed by atoms with Crippen molar-refractivity contribution in [2.75, 3.05) is 20.2 Å². The molecular formula is C19H31N5O5. The number of phenolic OH excluding ortho intramolecular Hbond substituents is 1. The maximum atomic E-state index is 12.3. The Kier molecular flexibility index (Phi) is 8.65. The van der Waals surface area contributed by atoms with Gasteiger partial charge in [-0.25, -0.2) is 5.48 Å². The molecule has 2 amide bonds. The number of nitrogens with zero attached hydrogens (tertiary/aromatic N) is 1. The molecule has 1 aliphatic heterocycles. The van der Waals surface area contributed by atoms with E-state index in [1.807, 2.05) is 4.90 Å². The van der Waals surface area contributed by atoms with Gasteiger partial charge in [0.05, 0.1) is 19.2 Å². The molecule has 1 fully saturated rings. The fourth-order valence-corrected chi connectivity index (χ4v) is 3.55. The molecule has 0 spiro atoms. The third-order valence-electron chi connectivity index (χ3n) is 5.10. The van der Waals surface area contributed by atoms with Gasteiger partial charge in [0.15, 0.2) is 11.5 Å². The number of unbranched alkanes of at least 4 members (excludes halogenated alkanes) is 1. The van der Waals surface area contributed by atoms with Crippen molar-refractivity contribution in [3.05, 3.63) is 23.8 Å². The van der Waals surface area contributed by atoms with Crippen molar-refractivity contribution in [1.82, 2.24) is 15.7 Å². The maximum Gasteiger partial charge on any atom is 0.260 e. The molecule has 162 valence electrons. The Labute approximate surface area is 170 Å². The summed E-state index contributed by atoms with van der Waals surface area (Å²) in [5, 5.41) is 21.9. The summed E-state index contributed by atoms with van der Waals surface area (Å²) < 4.78 is 5.04. The van der Waals surface area contributed by atoms with E-state index in [1.165, 1.54) is 7.11 Å². The molecule has 2 rings (SSSR count). The minimum absolute atomic E-state index is 0.000613. The predicted molar refractivity (Wildman–Crippen MR) is 106 cm³/mol. The first kappa shape index (κ1) is 22.9. The van der Waals surface area contributed by atoms with Gasteiger partial charge in [0.25, 0.3) is 5.91 Å². The van der Waals surface area contributed by atoms with Gasteiger partial charge in [-0.2, -0.15) is 0 Å². The van der Waals surface area contributed by atoms with Gasteiger partial charge in [0.2, 0.25) is 5.91 Å². The van der Waals surface area contributed by atoms with Gasteiger partial charge in [0, 0.05) is 19.1 Å². The fraction of sp³-hybridized carbons (Fsp3) is 0.579. The maximum absolute atomic E-state index is 12.3. The lowest BCUT2D eigenvalue weighted by Gasteiger charge is -2.22. The van der Waals surface area contributed by atoms with E-state index in [9.17, 15) is 14.7 Å². The molecule has 3 atom stereocenters. The minimum atomic E-state index is -0.626. The number of amides is 2. The van der Waals surface area contributed by atoms with Gasteiger partial charge in [-0.15, -0.1) is 0 Å². The summed E-state index contributed by atoms with van der Waals surface area (Å²) in [6.07, 6.45) is 2.48. The topological polar surface area (TPSA) is 163 Å². The smallest absolute Gasteiger partial charge is 0.260 e. The minimum Gasteiger partial charge on any atom is -0.504 e. The predicted octanol–water partition coefficient (Wildman–Crippen LogP) is -0.578. The van der Waals surface area contributed by atoms with Gasteiger partial charge >= 0.3 is 0 Å². The van der Waals surface area contributed by atoms with Crippen LogP contribution in [-0.2, 0) is 16.1 Å². The Bertz CT molecular complexity index is 702. The van der Waals surface area contributed by atoms with E-state index in [-0.39, 0.29) is 17.7 Å². The molecule has 1 aromatic rings. The summed E-state index contributed by atoms with van der Waals surface area (Å²) in [5.74, 6) is -0.458. The molecule has 0 radical (unpaired) electrons. The van der Waals surface area contributed by atoms with E-state index >= 15 is 0 Å². The molecule has 1 saturated heterocycles. The molecule has 10 nitrogen and oxygen atoms in total. The van der Waals surface area contributed by atoms with E-state index in [0.29, 0.717) is 38.2 Å². The molecule has 10 heteroatoms. The number of hydroxylamine groups is 1. The van der Waals surface area contributed by atoms with Crippen LogP contribution in [0.2, 0.25) is 0 Å². The summed E-state index contributed by atoms with van der Waals surface area (Å²) in [5.41, 5.74) is 13.8. The average Bonchev–Trinajstić information content (AvgIpc) is 3.09. The van der Waals surface area contributed by atoms with Crippen molar-refractivity contribution in [3.63, 3.8) is 0 Å². The zero-order valence-corrected chi connectivity index (χ0v) is 16.6. The SMILES string of the molecule is COc1ccc(CN2C[C@@H](NC(=O)[C@@H](N)CCCCN)C[C@H]2C(=O)NO)cc1O. The normalized spacial score (nSPS) is 20.3. The first-order valence-corrected chi connectivity index (χ1v) is 9.69. The number of carbonyl (C=O) groups excluding carboxylic acids is 2. The number of aromatic hydroxyl groups is 1. The van der Waals surface area contributed by atoms with Crippen molar-refractivity contribution in [3.8, 4) is 11.5 Å². The van der Waals surface area contributed by atoms with Crippen molar-refractivity contribution in [2.45, 2.75) is 50.4 Å². The van der Waals surface area contributed by atoms with Crippen LogP contribution in [0.4, 0.5) is 0 Å². The molecule has 1 aromatic carbocycles. The highest BCUT2D eigenvalue weighted by molar-refractivity contribution is 5.83. The summed E-state index contributed by atoms with van der Waals surface area (Å²) >= 11 is 0. The van der Waals surface area contributed by atoms with E-state index in [0.717, 1.165) is 18.4 Å². The number of rotatable bonds is 10. The molecule has 8 N–H and O–H groups in total. The van der Waals surface area contributed by atoms with Crippen LogP contribution in [0.3, 0.4) is 0 Å². The highest BCUT2D eigenvalue weighted by Crippen LogP contribution is 2.28. The second kappa shape index (κ2) is 11.0. The Hall–Kier alpha value is -2.40. The molecule has 0 bridgehead atoms. The zero-order valence-electron chi connectivity index (χ0n) is 16.6. The molecular weight excluding hydrogens is 378 g/mol. The van der Waals surface area contributed by atoms with Crippen LogP contribution in [0, 0.1) is 0 Å². The lowest BCUT2D eigenvalue weighted by atomic mass is 10.1. The van der Waals surface area contributed by atoms with Crippen LogP contribution in [0.15, 0.2) is 18.2 Å². The number of likely N-dealkylation sites (tertiary alicyclic amines) is 1. The van der Waals surface area contributed by atoms with E-state index in [1.54, 1.807) is 23.7 Å². The van der Waals surface area contributed by atoms with Gasteiger partial charge in [-0.05, 0) is 43.5 Å². The number of benzene rings is 1. The van der Waals surface area contributed by atoms with E-state index in [4.69, 9.17) is 21.4 Å². The standard InChI is InChI=1S/C19H31N5O5/c1-29-17-6-5-12(8-16(17)25)10-24-11-13(9-15(24)19(27)23-28)22-18(26)14(21)4-2-3-7-20/h5-6,8,13-15,25,28H,2-4,7,9-11,20-21H2,1H3,(H,22,26)(H,23,27)/t13-,14-,15-/m0/s1. The Morgan fingerprint density at radius 3 is 2.76 bits per heavy atom. The van der Waals surface area contributed by atoms with Crippen molar-refractivity contribution < 1.29 is 24.6 Å².